The second-order valence-electron chi connectivity index (χ2n) is 11.2. The fourth-order valence-corrected chi connectivity index (χ4v) is 6.50. The van der Waals surface area contributed by atoms with E-state index in [1.165, 1.54) is 60.8 Å². The van der Waals surface area contributed by atoms with Crippen LogP contribution in [0.5, 0.6) is 0 Å². The molecule has 1 aliphatic rings. The average molecular weight is 514 g/mol. The third kappa shape index (κ3) is 3.39. The van der Waals surface area contributed by atoms with Crippen molar-refractivity contribution in [1.29, 1.82) is 0 Å². The third-order valence-corrected chi connectivity index (χ3v) is 8.57. The van der Waals surface area contributed by atoms with Crippen molar-refractivity contribution in [2.75, 3.05) is 0 Å². The van der Waals surface area contributed by atoms with Gasteiger partial charge >= 0.3 is 0 Å². The van der Waals surface area contributed by atoms with E-state index in [2.05, 4.69) is 128 Å². The number of hydrogen-bond donors (Lipinski definition) is 0. The molecule has 2 heterocycles. The van der Waals surface area contributed by atoms with Crippen LogP contribution in [0.1, 0.15) is 25.0 Å². The van der Waals surface area contributed by atoms with E-state index in [-0.39, 0.29) is 5.41 Å². The Kier molecular flexibility index (Phi) is 4.90. The standard InChI is InChI=1S/C38H27NO/c1-38(2)33-14-12-26(23-32(33)36-34(38)15-13-31-30-10-6-7-11-35(30)40-37(31)36)29-21-27(24-8-4-3-5-9-24)20-28(22-29)25-16-18-39-19-17-25/h3-23H,1-2H3. The summed E-state index contributed by atoms with van der Waals surface area (Å²) in [5, 5.41) is 2.34. The average Bonchev–Trinajstić information content (AvgIpc) is 3.50. The van der Waals surface area contributed by atoms with E-state index in [9.17, 15) is 0 Å². The van der Waals surface area contributed by atoms with Crippen molar-refractivity contribution in [3.8, 4) is 44.5 Å². The lowest BCUT2D eigenvalue weighted by molar-refractivity contribution is 0.653. The number of pyridine rings is 1. The zero-order valence-electron chi connectivity index (χ0n) is 22.5. The van der Waals surface area contributed by atoms with E-state index in [1.54, 1.807) is 0 Å². The van der Waals surface area contributed by atoms with Gasteiger partial charge < -0.3 is 4.42 Å². The molecule has 0 bridgehead atoms. The van der Waals surface area contributed by atoms with Crippen molar-refractivity contribution in [2.24, 2.45) is 0 Å². The molecule has 2 nitrogen and oxygen atoms in total. The Labute approximate surface area is 233 Å². The van der Waals surface area contributed by atoms with Crippen LogP contribution in [-0.2, 0) is 5.41 Å². The summed E-state index contributed by atoms with van der Waals surface area (Å²) in [5.74, 6) is 0. The maximum atomic E-state index is 6.54. The minimum atomic E-state index is -0.107. The van der Waals surface area contributed by atoms with Gasteiger partial charge in [0.25, 0.3) is 0 Å². The van der Waals surface area contributed by atoms with Crippen LogP contribution in [0.3, 0.4) is 0 Å². The van der Waals surface area contributed by atoms with E-state index in [1.807, 2.05) is 18.5 Å². The van der Waals surface area contributed by atoms with Gasteiger partial charge in [-0.25, -0.2) is 0 Å². The van der Waals surface area contributed by atoms with E-state index in [0.29, 0.717) is 0 Å². The van der Waals surface area contributed by atoms with Crippen molar-refractivity contribution < 1.29 is 4.42 Å². The third-order valence-electron chi connectivity index (χ3n) is 8.57. The number of benzene rings is 5. The molecule has 2 heteroatoms. The van der Waals surface area contributed by atoms with Gasteiger partial charge in [0.1, 0.15) is 11.2 Å². The highest BCUT2D eigenvalue weighted by Gasteiger charge is 2.37. The SMILES string of the molecule is CC1(C)c2ccc(-c3cc(-c4ccccc4)cc(-c4ccncc4)c3)cc2-c2c1ccc1c2oc2ccccc21. The van der Waals surface area contributed by atoms with Crippen LogP contribution < -0.4 is 0 Å². The van der Waals surface area contributed by atoms with Crippen LogP contribution in [0, 0.1) is 0 Å². The summed E-state index contributed by atoms with van der Waals surface area (Å²) >= 11 is 0. The summed E-state index contributed by atoms with van der Waals surface area (Å²) < 4.78 is 6.54. The lowest BCUT2D eigenvalue weighted by Crippen LogP contribution is -2.14. The van der Waals surface area contributed by atoms with Gasteiger partial charge in [0.15, 0.2) is 0 Å². The van der Waals surface area contributed by atoms with Crippen LogP contribution >= 0.6 is 0 Å². The fourth-order valence-electron chi connectivity index (χ4n) is 6.50. The highest BCUT2D eigenvalue weighted by molar-refractivity contribution is 6.12. The van der Waals surface area contributed by atoms with Gasteiger partial charge in [0.2, 0.25) is 0 Å². The molecule has 7 aromatic rings. The van der Waals surface area contributed by atoms with Crippen molar-refractivity contribution >= 4 is 21.9 Å². The Morgan fingerprint density at radius 2 is 1.18 bits per heavy atom. The summed E-state index contributed by atoms with van der Waals surface area (Å²) in [6.07, 6.45) is 3.72. The Balaban J connectivity index is 1.37. The van der Waals surface area contributed by atoms with Gasteiger partial charge in [-0.05, 0) is 92.5 Å². The Morgan fingerprint density at radius 1 is 0.525 bits per heavy atom. The lowest BCUT2D eigenvalue weighted by atomic mass is 9.82. The first-order valence-electron chi connectivity index (χ1n) is 13.8. The molecule has 0 aliphatic heterocycles. The molecule has 0 unspecified atom stereocenters. The molecule has 190 valence electrons. The molecule has 0 saturated heterocycles. The minimum Gasteiger partial charge on any atom is -0.455 e. The predicted octanol–water partition coefficient (Wildman–Crippen LogP) is 10.3. The maximum Gasteiger partial charge on any atom is 0.143 e. The number of para-hydroxylation sites is 1. The van der Waals surface area contributed by atoms with E-state index in [0.717, 1.165) is 16.7 Å². The molecule has 0 radical (unpaired) electrons. The maximum absolute atomic E-state index is 6.54. The molecule has 0 amide bonds. The summed E-state index contributed by atoms with van der Waals surface area (Å²) in [5.41, 5.74) is 14.1. The number of aromatic nitrogens is 1. The molecule has 5 aromatic carbocycles. The van der Waals surface area contributed by atoms with Gasteiger partial charge in [-0.3, -0.25) is 4.98 Å². The topological polar surface area (TPSA) is 26.0 Å². The molecule has 0 fully saturated rings. The predicted molar refractivity (Wildman–Crippen MR) is 165 cm³/mol. The molecule has 8 rings (SSSR count). The first kappa shape index (κ1) is 23.0. The van der Waals surface area contributed by atoms with Crippen LogP contribution in [-0.4, -0.2) is 4.98 Å². The van der Waals surface area contributed by atoms with Crippen molar-refractivity contribution in [2.45, 2.75) is 19.3 Å². The Bertz CT molecular complexity index is 2010. The van der Waals surface area contributed by atoms with Gasteiger partial charge in [-0.2, -0.15) is 0 Å². The molecule has 1 aliphatic carbocycles. The fraction of sp³-hybridized carbons (Fsp3) is 0.0789. The normalized spacial score (nSPS) is 13.4. The number of furan rings is 1. The summed E-state index contributed by atoms with van der Waals surface area (Å²) in [6.45, 7) is 4.65. The van der Waals surface area contributed by atoms with Gasteiger partial charge in [0.05, 0.1) is 0 Å². The van der Waals surface area contributed by atoms with Crippen LogP contribution in [0.15, 0.2) is 132 Å². The second kappa shape index (κ2) is 8.53. The molecule has 2 aromatic heterocycles. The molecule has 40 heavy (non-hydrogen) atoms. The zero-order chi connectivity index (χ0) is 26.8. The molecule has 0 saturated carbocycles. The molecular formula is C38H27NO. The highest BCUT2D eigenvalue weighted by Crippen LogP contribution is 2.53. The second-order valence-corrected chi connectivity index (χ2v) is 11.2. The van der Waals surface area contributed by atoms with Gasteiger partial charge in [-0.15, -0.1) is 0 Å². The summed E-state index contributed by atoms with van der Waals surface area (Å²) in [7, 11) is 0. The van der Waals surface area contributed by atoms with Gasteiger partial charge in [0, 0.05) is 34.1 Å². The first-order chi connectivity index (χ1) is 19.6. The Morgan fingerprint density at radius 3 is 1.95 bits per heavy atom. The van der Waals surface area contributed by atoms with E-state index < -0.39 is 0 Å². The monoisotopic (exact) mass is 513 g/mol. The molecule has 0 atom stereocenters. The largest absolute Gasteiger partial charge is 0.455 e. The number of nitrogens with zero attached hydrogens (tertiary/aromatic N) is 1. The van der Waals surface area contributed by atoms with E-state index >= 15 is 0 Å². The number of rotatable bonds is 3. The van der Waals surface area contributed by atoms with Crippen molar-refractivity contribution in [3.05, 3.63) is 139 Å². The van der Waals surface area contributed by atoms with Crippen LogP contribution in [0.4, 0.5) is 0 Å². The summed E-state index contributed by atoms with van der Waals surface area (Å²) in [4.78, 5) is 4.24. The van der Waals surface area contributed by atoms with E-state index in [4.69, 9.17) is 4.42 Å². The number of fused-ring (bicyclic) bond motifs is 7. The smallest absolute Gasteiger partial charge is 0.143 e. The van der Waals surface area contributed by atoms with Crippen LogP contribution in [0.2, 0.25) is 0 Å². The lowest BCUT2D eigenvalue weighted by Gasteiger charge is -2.21. The quantitative estimate of drug-likeness (QED) is 0.235. The first-order valence-corrected chi connectivity index (χ1v) is 13.8. The molecule has 0 spiro atoms. The van der Waals surface area contributed by atoms with Crippen LogP contribution in [0.25, 0.3) is 66.4 Å². The number of hydrogen-bond acceptors (Lipinski definition) is 2. The molecular weight excluding hydrogens is 486 g/mol. The Hall–Kier alpha value is -4.95. The molecule has 0 N–H and O–H groups in total. The highest BCUT2D eigenvalue weighted by atomic mass is 16.3. The van der Waals surface area contributed by atoms with Gasteiger partial charge in [-0.1, -0.05) is 86.6 Å². The minimum absolute atomic E-state index is 0.107. The van der Waals surface area contributed by atoms with Crippen molar-refractivity contribution in [1.82, 2.24) is 4.98 Å². The summed E-state index contributed by atoms with van der Waals surface area (Å²) in [6, 6.07) is 41.5. The van der Waals surface area contributed by atoms with Crippen molar-refractivity contribution in [3.63, 3.8) is 0 Å². The zero-order valence-corrected chi connectivity index (χ0v) is 22.5.